The lowest BCUT2D eigenvalue weighted by molar-refractivity contribution is -0.286. The molecule has 0 aliphatic carbocycles. The van der Waals surface area contributed by atoms with E-state index in [-0.39, 0.29) is 17.5 Å². The van der Waals surface area contributed by atoms with Crippen LogP contribution in [0.2, 0.25) is 0 Å². The molecule has 1 aromatic carbocycles. The Bertz CT molecular complexity index is 572. The molecule has 2 rings (SSSR count). The van der Waals surface area contributed by atoms with Crippen LogP contribution >= 0.6 is 0 Å². The maximum absolute atomic E-state index is 12.9. The van der Waals surface area contributed by atoms with Gasteiger partial charge >= 0.3 is 12.3 Å². The van der Waals surface area contributed by atoms with E-state index in [1.807, 2.05) is 6.92 Å². The average molecular weight is 299 g/mol. The minimum absolute atomic E-state index is 0.00935. The zero-order valence-corrected chi connectivity index (χ0v) is 11.6. The number of rotatable bonds is 5. The Morgan fingerprint density at radius 3 is 2.76 bits per heavy atom. The van der Waals surface area contributed by atoms with Crippen molar-refractivity contribution in [2.75, 3.05) is 19.0 Å². The molecule has 0 radical (unpaired) electrons. The van der Waals surface area contributed by atoms with Crippen molar-refractivity contribution in [1.29, 1.82) is 0 Å². The van der Waals surface area contributed by atoms with Crippen LogP contribution in [0.5, 0.6) is 11.5 Å². The highest BCUT2D eigenvalue weighted by Gasteiger charge is 2.43. The normalized spacial score (nSPS) is 15.7. The molecule has 1 aromatic rings. The first-order chi connectivity index (χ1) is 9.95. The molecule has 1 N–H and O–H groups in total. The molecule has 0 aromatic heterocycles. The highest BCUT2D eigenvalue weighted by molar-refractivity contribution is 5.88. The molecule has 0 saturated heterocycles. The summed E-state index contributed by atoms with van der Waals surface area (Å²) in [4.78, 5) is 11.4. The Balaban J connectivity index is 1.99. The van der Waals surface area contributed by atoms with Crippen LogP contribution in [-0.4, -0.2) is 25.9 Å². The van der Waals surface area contributed by atoms with Gasteiger partial charge in [-0.15, -0.1) is 8.78 Å². The molecule has 0 spiro atoms. The van der Waals surface area contributed by atoms with Gasteiger partial charge in [-0.25, -0.2) is 4.79 Å². The van der Waals surface area contributed by atoms with Crippen molar-refractivity contribution in [3.8, 4) is 11.5 Å². The Morgan fingerprint density at radius 2 is 2.10 bits per heavy atom. The van der Waals surface area contributed by atoms with E-state index in [0.29, 0.717) is 24.2 Å². The van der Waals surface area contributed by atoms with Crippen LogP contribution in [0.15, 0.2) is 29.8 Å². The van der Waals surface area contributed by atoms with E-state index in [1.165, 1.54) is 19.2 Å². The predicted molar refractivity (Wildman–Crippen MR) is 71.5 cm³/mol. The fourth-order valence-corrected chi connectivity index (χ4v) is 1.85. The second-order valence-corrected chi connectivity index (χ2v) is 4.28. The summed E-state index contributed by atoms with van der Waals surface area (Å²) in [5.41, 5.74) is 1.11. The summed E-state index contributed by atoms with van der Waals surface area (Å²) in [6, 6.07) is 4.39. The molecule has 21 heavy (non-hydrogen) atoms. The number of benzene rings is 1. The maximum Gasteiger partial charge on any atom is 0.586 e. The highest BCUT2D eigenvalue weighted by atomic mass is 19.3. The summed E-state index contributed by atoms with van der Waals surface area (Å²) in [5.74, 6) is -0.424. The van der Waals surface area contributed by atoms with E-state index >= 15 is 0 Å². The van der Waals surface area contributed by atoms with Crippen LogP contribution in [-0.2, 0) is 9.53 Å². The molecule has 1 aliphatic rings. The second-order valence-electron chi connectivity index (χ2n) is 4.28. The first kappa shape index (κ1) is 15.1. The van der Waals surface area contributed by atoms with Gasteiger partial charge in [0, 0.05) is 23.9 Å². The van der Waals surface area contributed by atoms with Crippen molar-refractivity contribution in [1.82, 2.24) is 0 Å². The molecule has 0 fully saturated rings. The number of hydrogen-bond acceptors (Lipinski definition) is 5. The Morgan fingerprint density at radius 1 is 1.38 bits per heavy atom. The fourth-order valence-electron chi connectivity index (χ4n) is 1.85. The van der Waals surface area contributed by atoms with Gasteiger partial charge in [0.05, 0.1) is 7.11 Å². The van der Waals surface area contributed by atoms with Crippen molar-refractivity contribution in [2.24, 2.45) is 0 Å². The number of hydrogen-bond donors (Lipinski definition) is 1. The number of esters is 1. The largest absolute Gasteiger partial charge is 0.586 e. The van der Waals surface area contributed by atoms with E-state index in [9.17, 15) is 13.6 Å². The molecule has 0 unspecified atom stereocenters. The van der Waals surface area contributed by atoms with E-state index in [2.05, 4.69) is 19.5 Å². The van der Waals surface area contributed by atoms with Gasteiger partial charge < -0.3 is 19.5 Å². The Kier molecular flexibility index (Phi) is 4.30. The van der Waals surface area contributed by atoms with Gasteiger partial charge in [0.25, 0.3) is 0 Å². The van der Waals surface area contributed by atoms with E-state index in [1.54, 1.807) is 12.1 Å². The summed E-state index contributed by atoms with van der Waals surface area (Å²) >= 11 is 0. The quantitative estimate of drug-likeness (QED) is 0.669. The number of nitrogens with one attached hydrogen (secondary N) is 1. The smallest absolute Gasteiger partial charge is 0.466 e. The third-order valence-corrected chi connectivity index (χ3v) is 2.88. The van der Waals surface area contributed by atoms with Crippen LogP contribution < -0.4 is 14.8 Å². The molecule has 0 saturated carbocycles. The van der Waals surface area contributed by atoms with Gasteiger partial charge in [-0.2, -0.15) is 0 Å². The number of ether oxygens (including phenoxy) is 3. The molecule has 1 heterocycles. The molecular formula is C14H15F2NO4. The van der Waals surface area contributed by atoms with Crippen LogP contribution in [0.25, 0.3) is 0 Å². The van der Waals surface area contributed by atoms with Crippen molar-refractivity contribution < 1.29 is 27.8 Å². The minimum atomic E-state index is -3.62. The molecular weight excluding hydrogens is 284 g/mol. The lowest BCUT2D eigenvalue weighted by Crippen LogP contribution is -2.25. The maximum atomic E-state index is 12.9. The number of alkyl halides is 2. The molecule has 0 atom stereocenters. The van der Waals surface area contributed by atoms with Crippen molar-refractivity contribution in [3.63, 3.8) is 0 Å². The number of methoxy groups -OCH3 is 1. The van der Waals surface area contributed by atoms with Crippen molar-refractivity contribution >= 4 is 11.7 Å². The monoisotopic (exact) mass is 299 g/mol. The minimum Gasteiger partial charge on any atom is -0.466 e. The molecule has 0 bridgehead atoms. The van der Waals surface area contributed by atoms with Crippen LogP contribution in [0.1, 0.15) is 13.3 Å². The molecule has 1 aliphatic heterocycles. The van der Waals surface area contributed by atoms with Crippen LogP contribution in [0, 0.1) is 0 Å². The van der Waals surface area contributed by atoms with Gasteiger partial charge in [0.15, 0.2) is 11.5 Å². The van der Waals surface area contributed by atoms with Crippen LogP contribution in [0.4, 0.5) is 14.5 Å². The predicted octanol–water partition coefficient (Wildman–Crippen LogP) is 2.93. The molecule has 0 amide bonds. The third kappa shape index (κ3) is 3.62. The lowest BCUT2D eigenvalue weighted by Gasteiger charge is -2.06. The number of halogens is 2. The SMILES string of the molecule is CC/C(=C/CNc1ccc2c(c1)OC(F)(F)O2)C(=O)OC. The Hall–Kier alpha value is -2.31. The molecule has 7 heteroatoms. The van der Waals surface area contributed by atoms with Gasteiger partial charge in [0.2, 0.25) is 0 Å². The second kappa shape index (κ2) is 5.99. The topological polar surface area (TPSA) is 56.8 Å². The van der Waals surface area contributed by atoms with E-state index in [4.69, 9.17) is 0 Å². The van der Waals surface area contributed by atoms with Crippen LogP contribution in [0.3, 0.4) is 0 Å². The average Bonchev–Trinajstić information content (AvgIpc) is 2.75. The summed E-state index contributed by atoms with van der Waals surface area (Å²) in [6.07, 6.45) is -1.39. The van der Waals surface area contributed by atoms with E-state index in [0.717, 1.165) is 0 Å². The highest BCUT2D eigenvalue weighted by Crippen LogP contribution is 2.42. The summed E-state index contributed by atoms with van der Waals surface area (Å²) in [7, 11) is 1.32. The number of fused-ring (bicyclic) bond motifs is 1. The van der Waals surface area contributed by atoms with Gasteiger partial charge in [-0.05, 0) is 18.6 Å². The first-order valence-corrected chi connectivity index (χ1v) is 6.36. The van der Waals surface area contributed by atoms with Gasteiger partial charge in [0.1, 0.15) is 0 Å². The van der Waals surface area contributed by atoms with E-state index < -0.39 is 6.29 Å². The number of anilines is 1. The number of carbonyl (C=O) groups excluding carboxylic acids is 1. The van der Waals surface area contributed by atoms with Crippen molar-refractivity contribution in [3.05, 3.63) is 29.8 Å². The Labute approximate surface area is 120 Å². The lowest BCUT2D eigenvalue weighted by atomic mass is 10.2. The van der Waals surface area contributed by atoms with Crippen molar-refractivity contribution in [2.45, 2.75) is 19.6 Å². The molecule has 114 valence electrons. The summed E-state index contributed by atoms with van der Waals surface area (Å²) < 4.78 is 39.0. The molecule has 5 nitrogen and oxygen atoms in total. The summed E-state index contributed by atoms with van der Waals surface area (Å²) in [5, 5.41) is 2.98. The zero-order valence-electron chi connectivity index (χ0n) is 11.6. The zero-order chi connectivity index (χ0) is 15.5. The first-order valence-electron chi connectivity index (χ1n) is 6.36. The van der Waals surface area contributed by atoms with Gasteiger partial charge in [-0.1, -0.05) is 13.0 Å². The standard InChI is InChI=1S/C14H15F2NO4/c1-3-9(13(18)19-2)6-7-17-10-4-5-11-12(8-10)21-14(15,16)20-11/h4-6,8,17H,3,7H2,1-2H3/b9-6-. The third-order valence-electron chi connectivity index (χ3n) is 2.88. The van der Waals surface area contributed by atoms with Gasteiger partial charge in [-0.3, -0.25) is 0 Å². The fraction of sp³-hybridized carbons (Fsp3) is 0.357. The number of carbonyl (C=O) groups is 1. The summed E-state index contributed by atoms with van der Waals surface area (Å²) in [6.45, 7) is 2.19.